The maximum atomic E-state index is 12.4. The molecule has 0 aliphatic carbocycles. The zero-order chi connectivity index (χ0) is 16.1. The molecular formula is C17H22N4O2. The molecular weight excluding hydrogens is 292 g/mol. The lowest BCUT2D eigenvalue weighted by Gasteiger charge is -2.38. The lowest BCUT2D eigenvalue weighted by molar-refractivity contribution is 0.0373. The van der Waals surface area contributed by atoms with Crippen molar-refractivity contribution in [3.8, 4) is 6.07 Å². The number of morpholine rings is 1. The third-order valence-electron chi connectivity index (χ3n) is 4.39. The van der Waals surface area contributed by atoms with E-state index in [9.17, 15) is 4.79 Å². The molecule has 6 nitrogen and oxygen atoms in total. The molecule has 0 N–H and O–H groups in total. The van der Waals surface area contributed by atoms with Crippen LogP contribution in [0.3, 0.4) is 0 Å². The van der Waals surface area contributed by atoms with Gasteiger partial charge in [-0.3, -0.25) is 4.90 Å². The second kappa shape index (κ2) is 7.44. The molecule has 2 aliphatic rings. The highest BCUT2D eigenvalue weighted by Gasteiger charge is 2.26. The number of amides is 2. The van der Waals surface area contributed by atoms with Crippen molar-refractivity contribution in [1.82, 2.24) is 14.7 Å². The number of carbonyl (C=O) groups excluding carboxylic acids is 1. The number of benzene rings is 1. The van der Waals surface area contributed by atoms with Crippen LogP contribution in [0.2, 0.25) is 0 Å². The molecule has 2 aliphatic heterocycles. The van der Waals surface area contributed by atoms with Gasteiger partial charge in [-0.25, -0.2) is 4.79 Å². The number of hydrogen-bond acceptors (Lipinski definition) is 4. The number of rotatable bonds is 2. The van der Waals surface area contributed by atoms with Crippen LogP contribution >= 0.6 is 0 Å². The number of ether oxygens (including phenoxy) is 1. The third-order valence-corrected chi connectivity index (χ3v) is 4.39. The Morgan fingerprint density at radius 1 is 1.09 bits per heavy atom. The van der Waals surface area contributed by atoms with Gasteiger partial charge in [0, 0.05) is 45.8 Å². The molecule has 2 fully saturated rings. The number of carbonyl (C=O) groups is 1. The van der Waals surface area contributed by atoms with Gasteiger partial charge in [0.15, 0.2) is 0 Å². The molecule has 23 heavy (non-hydrogen) atoms. The fourth-order valence-electron chi connectivity index (χ4n) is 3.05. The number of nitriles is 1. The van der Waals surface area contributed by atoms with E-state index in [1.54, 1.807) is 0 Å². The fourth-order valence-corrected chi connectivity index (χ4v) is 3.05. The molecule has 0 spiro atoms. The van der Waals surface area contributed by atoms with Crippen LogP contribution < -0.4 is 0 Å². The van der Waals surface area contributed by atoms with Gasteiger partial charge < -0.3 is 14.5 Å². The van der Waals surface area contributed by atoms with Crippen LogP contribution in [0, 0.1) is 11.3 Å². The van der Waals surface area contributed by atoms with Crippen LogP contribution in [0.4, 0.5) is 4.79 Å². The lowest BCUT2D eigenvalue weighted by atomic mass is 10.1. The summed E-state index contributed by atoms with van der Waals surface area (Å²) in [5.41, 5.74) is 1.85. The zero-order valence-corrected chi connectivity index (χ0v) is 13.3. The summed E-state index contributed by atoms with van der Waals surface area (Å²) in [5.74, 6) is 0. The third kappa shape index (κ3) is 4.01. The van der Waals surface area contributed by atoms with Crippen molar-refractivity contribution in [1.29, 1.82) is 5.26 Å². The molecule has 0 aromatic heterocycles. The van der Waals surface area contributed by atoms with Gasteiger partial charge in [-0.1, -0.05) is 12.1 Å². The predicted molar refractivity (Wildman–Crippen MR) is 85.8 cm³/mol. The Bertz CT molecular complexity index is 585. The average Bonchev–Trinajstić information content (AvgIpc) is 2.63. The summed E-state index contributed by atoms with van der Waals surface area (Å²) < 4.78 is 5.30. The van der Waals surface area contributed by atoms with Gasteiger partial charge in [-0.2, -0.15) is 5.26 Å². The monoisotopic (exact) mass is 314 g/mol. The van der Waals surface area contributed by atoms with Crippen LogP contribution in [0.15, 0.2) is 24.3 Å². The highest BCUT2D eigenvalue weighted by Crippen LogP contribution is 2.12. The summed E-state index contributed by atoms with van der Waals surface area (Å²) in [5, 5.41) is 8.97. The second-order valence-electron chi connectivity index (χ2n) is 5.96. The minimum atomic E-state index is 0.138. The summed E-state index contributed by atoms with van der Waals surface area (Å²) in [7, 11) is 0. The van der Waals surface area contributed by atoms with Gasteiger partial charge in [0.2, 0.25) is 0 Å². The fraction of sp³-hybridized carbons (Fsp3) is 0.529. The standard InChI is InChI=1S/C17H22N4O2/c18-13-15-2-1-3-16(12-15)14-19-4-6-20(7-5-19)17(22)21-8-10-23-11-9-21/h1-3,12H,4-11,14H2. The van der Waals surface area contributed by atoms with Crippen molar-refractivity contribution in [2.24, 2.45) is 0 Å². The Morgan fingerprint density at radius 3 is 2.48 bits per heavy atom. The maximum absolute atomic E-state index is 12.4. The van der Waals surface area contributed by atoms with Crippen LogP contribution in [0.25, 0.3) is 0 Å². The number of urea groups is 1. The second-order valence-corrected chi connectivity index (χ2v) is 5.96. The lowest BCUT2D eigenvalue weighted by Crippen LogP contribution is -2.54. The maximum Gasteiger partial charge on any atom is 0.320 e. The molecule has 1 aromatic carbocycles. The number of nitrogens with zero attached hydrogens (tertiary/aromatic N) is 4. The van der Waals surface area contributed by atoms with E-state index in [1.165, 1.54) is 0 Å². The van der Waals surface area contributed by atoms with Gasteiger partial charge in [0.1, 0.15) is 0 Å². The zero-order valence-electron chi connectivity index (χ0n) is 13.3. The molecule has 0 saturated carbocycles. The number of piperazine rings is 1. The SMILES string of the molecule is N#Cc1cccc(CN2CCN(C(=O)N3CCOCC3)CC2)c1. The van der Waals surface area contributed by atoms with E-state index < -0.39 is 0 Å². The molecule has 2 heterocycles. The first kappa shape index (κ1) is 15.8. The predicted octanol–water partition coefficient (Wildman–Crippen LogP) is 1.13. The first-order chi connectivity index (χ1) is 11.3. The molecule has 0 radical (unpaired) electrons. The van der Waals surface area contributed by atoms with Gasteiger partial charge in [-0.15, -0.1) is 0 Å². The summed E-state index contributed by atoms with van der Waals surface area (Å²) in [4.78, 5) is 18.6. The van der Waals surface area contributed by atoms with Crippen molar-refractivity contribution in [2.75, 3.05) is 52.5 Å². The Labute approximate surface area is 136 Å². The average molecular weight is 314 g/mol. The van der Waals surface area contributed by atoms with Gasteiger partial charge >= 0.3 is 6.03 Å². The largest absolute Gasteiger partial charge is 0.378 e. The Kier molecular flexibility index (Phi) is 5.11. The summed E-state index contributed by atoms with van der Waals surface area (Å²) >= 11 is 0. The Hall–Kier alpha value is -2.10. The Morgan fingerprint density at radius 2 is 1.78 bits per heavy atom. The molecule has 6 heteroatoms. The number of hydrogen-bond donors (Lipinski definition) is 0. The van der Waals surface area contributed by atoms with Crippen molar-refractivity contribution < 1.29 is 9.53 Å². The molecule has 0 bridgehead atoms. The molecule has 1 aromatic rings. The molecule has 2 amide bonds. The molecule has 0 unspecified atom stereocenters. The minimum Gasteiger partial charge on any atom is -0.378 e. The van der Waals surface area contributed by atoms with Crippen molar-refractivity contribution in [2.45, 2.75) is 6.54 Å². The topological polar surface area (TPSA) is 59.8 Å². The van der Waals surface area contributed by atoms with Gasteiger partial charge in [0.25, 0.3) is 0 Å². The highest BCUT2D eigenvalue weighted by atomic mass is 16.5. The molecule has 0 atom stereocenters. The minimum absolute atomic E-state index is 0.138. The van der Waals surface area contributed by atoms with Crippen molar-refractivity contribution >= 4 is 6.03 Å². The van der Waals surface area contributed by atoms with Crippen LogP contribution in [0.5, 0.6) is 0 Å². The van der Waals surface area contributed by atoms with Crippen molar-refractivity contribution in [3.05, 3.63) is 35.4 Å². The van der Waals surface area contributed by atoms with E-state index in [-0.39, 0.29) is 6.03 Å². The first-order valence-corrected chi connectivity index (χ1v) is 8.09. The van der Waals surface area contributed by atoms with E-state index in [1.807, 2.05) is 34.1 Å². The van der Waals surface area contributed by atoms with Crippen LogP contribution in [-0.4, -0.2) is 73.2 Å². The van der Waals surface area contributed by atoms with E-state index in [0.29, 0.717) is 31.9 Å². The van der Waals surface area contributed by atoms with Gasteiger partial charge in [-0.05, 0) is 17.7 Å². The van der Waals surface area contributed by atoms with E-state index in [0.717, 1.165) is 38.3 Å². The smallest absolute Gasteiger partial charge is 0.320 e. The molecule has 3 rings (SSSR count). The van der Waals surface area contributed by atoms with Crippen molar-refractivity contribution in [3.63, 3.8) is 0 Å². The van der Waals surface area contributed by atoms with E-state index >= 15 is 0 Å². The summed E-state index contributed by atoms with van der Waals surface area (Å²) in [6.45, 7) is 6.75. The first-order valence-electron chi connectivity index (χ1n) is 8.09. The normalized spacial score (nSPS) is 19.4. The molecule has 122 valence electrons. The summed E-state index contributed by atoms with van der Waals surface area (Å²) in [6.07, 6.45) is 0. The highest BCUT2D eigenvalue weighted by molar-refractivity contribution is 5.74. The van der Waals surface area contributed by atoms with E-state index in [4.69, 9.17) is 10.00 Å². The quantitative estimate of drug-likeness (QED) is 0.821. The summed E-state index contributed by atoms with van der Waals surface area (Å²) in [6, 6.07) is 10.0. The van der Waals surface area contributed by atoms with Crippen LogP contribution in [0.1, 0.15) is 11.1 Å². The van der Waals surface area contributed by atoms with Crippen LogP contribution in [-0.2, 0) is 11.3 Å². The Balaban J connectivity index is 1.50. The van der Waals surface area contributed by atoms with Gasteiger partial charge in [0.05, 0.1) is 24.8 Å². The van der Waals surface area contributed by atoms with E-state index in [2.05, 4.69) is 11.0 Å². The molecule has 2 saturated heterocycles.